The Morgan fingerprint density at radius 3 is 2.39 bits per heavy atom. The molecule has 116 valence electrons. The number of nitrogens with one attached hydrogen (secondary N) is 1. The van der Waals surface area contributed by atoms with Gasteiger partial charge in [0.2, 0.25) is 0 Å². The van der Waals surface area contributed by atoms with Gasteiger partial charge in [-0.2, -0.15) is 15.0 Å². The van der Waals surface area contributed by atoms with Gasteiger partial charge in [0.1, 0.15) is 0 Å². The molecule has 2 aromatic carbocycles. The SMILES string of the molecule is O=C(NC(Cn1nccn1)c1ccccc1)c1ccccc1Br. The summed E-state index contributed by atoms with van der Waals surface area (Å²) in [6, 6.07) is 16.9. The monoisotopic (exact) mass is 370 g/mol. The van der Waals surface area contributed by atoms with E-state index >= 15 is 0 Å². The van der Waals surface area contributed by atoms with Crippen LogP contribution in [0.25, 0.3) is 0 Å². The van der Waals surface area contributed by atoms with Crippen molar-refractivity contribution in [2.75, 3.05) is 0 Å². The van der Waals surface area contributed by atoms with Crippen LogP contribution in [0, 0.1) is 0 Å². The molecule has 0 spiro atoms. The van der Waals surface area contributed by atoms with Crippen LogP contribution in [0.2, 0.25) is 0 Å². The first-order valence-electron chi connectivity index (χ1n) is 7.18. The lowest BCUT2D eigenvalue weighted by Gasteiger charge is -2.19. The van der Waals surface area contributed by atoms with E-state index < -0.39 is 0 Å². The highest BCUT2D eigenvalue weighted by Crippen LogP contribution is 2.19. The molecule has 1 atom stereocenters. The molecule has 0 saturated carbocycles. The zero-order chi connectivity index (χ0) is 16.1. The summed E-state index contributed by atoms with van der Waals surface area (Å²) >= 11 is 3.41. The van der Waals surface area contributed by atoms with E-state index in [1.807, 2.05) is 48.5 Å². The molecule has 1 N–H and O–H groups in total. The predicted molar refractivity (Wildman–Crippen MR) is 90.8 cm³/mol. The molecule has 0 radical (unpaired) electrons. The van der Waals surface area contributed by atoms with Crippen molar-refractivity contribution in [1.82, 2.24) is 20.3 Å². The maximum Gasteiger partial charge on any atom is 0.252 e. The normalized spacial score (nSPS) is 11.9. The third kappa shape index (κ3) is 3.84. The van der Waals surface area contributed by atoms with Crippen molar-refractivity contribution in [3.63, 3.8) is 0 Å². The van der Waals surface area contributed by atoms with Crippen LogP contribution >= 0.6 is 15.9 Å². The number of carbonyl (C=O) groups excluding carboxylic acids is 1. The van der Waals surface area contributed by atoms with Crippen molar-refractivity contribution in [2.24, 2.45) is 0 Å². The molecule has 5 nitrogen and oxygen atoms in total. The second-order valence-corrected chi connectivity index (χ2v) is 5.85. The van der Waals surface area contributed by atoms with Crippen molar-refractivity contribution in [3.8, 4) is 0 Å². The fourth-order valence-electron chi connectivity index (χ4n) is 2.30. The lowest BCUT2D eigenvalue weighted by Crippen LogP contribution is -2.32. The Balaban J connectivity index is 1.84. The van der Waals surface area contributed by atoms with E-state index in [4.69, 9.17) is 0 Å². The van der Waals surface area contributed by atoms with Gasteiger partial charge in [-0.1, -0.05) is 42.5 Å². The minimum absolute atomic E-state index is 0.140. The molecule has 1 heterocycles. The average Bonchev–Trinajstić information content (AvgIpc) is 3.08. The second-order valence-electron chi connectivity index (χ2n) is 5.00. The van der Waals surface area contributed by atoms with Crippen LogP contribution < -0.4 is 5.32 Å². The number of nitrogens with zero attached hydrogens (tertiary/aromatic N) is 3. The molecule has 0 aliphatic carbocycles. The molecule has 3 aromatic rings. The minimum atomic E-state index is -0.219. The number of aromatic nitrogens is 3. The zero-order valence-corrected chi connectivity index (χ0v) is 13.8. The van der Waals surface area contributed by atoms with Crippen LogP contribution in [0.15, 0.2) is 71.5 Å². The Bertz CT molecular complexity index is 774. The van der Waals surface area contributed by atoms with Crippen LogP contribution in [-0.2, 0) is 6.54 Å². The Labute approximate surface area is 142 Å². The fourth-order valence-corrected chi connectivity index (χ4v) is 2.77. The summed E-state index contributed by atoms with van der Waals surface area (Å²) < 4.78 is 0.765. The molecule has 0 fully saturated rings. The minimum Gasteiger partial charge on any atom is -0.343 e. The molecule has 1 aromatic heterocycles. The van der Waals surface area contributed by atoms with Crippen molar-refractivity contribution in [2.45, 2.75) is 12.6 Å². The quantitative estimate of drug-likeness (QED) is 0.749. The first-order valence-corrected chi connectivity index (χ1v) is 7.98. The molecule has 0 aliphatic heterocycles. The smallest absolute Gasteiger partial charge is 0.252 e. The average molecular weight is 371 g/mol. The van der Waals surface area contributed by atoms with Crippen LogP contribution in [0.5, 0.6) is 0 Å². The van der Waals surface area contributed by atoms with Gasteiger partial charge in [-0.3, -0.25) is 4.79 Å². The summed E-state index contributed by atoms with van der Waals surface area (Å²) in [4.78, 5) is 14.2. The van der Waals surface area contributed by atoms with Crippen molar-refractivity contribution in [3.05, 3.63) is 82.6 Å². The van der Waals surface area contributed by atoms with E-state index in [9.17, 15) is 4.79 Å². The number of hydrogen-bond donors (Lipinski definition) is 1. The summed E-state index contributed by atoms with van der Waals surface area (Å²) in [5.74, 6) is -0.140. The van der Waals surface area contributed by atoms with E-state index in [0.29, 0.717) is 12.1 Å². The number of carbonyl (C=O) groups is 1. The summed E-state index contributed by atoms with van der Waals surface area (Å²) in [6.45, 7) is 0.465. The first-order chi connectivity index (χ1) is 11.2. The van der Waals surface area contributed by atoms with Gasteiger partial charge in [0.15, 0.2) is 0 Å². The van der Waals surface area contributed by atoms with Gasteiger partial charge < -0.3 is 5.32 Å². The largest absolute Gasteiger partial charge is 0.343 e. The van der Waals surface area contributed by atoms with Crippen LogP contribution in [0.4, 0.5) is 0 Å². The van der Waals surface area contributed by atoms with Gasteiger partial charge in [-0.05, 0) is 33.6 Å². The Morgan fingerprint density at radius 1 is 1.04 bits per heavy atom. The molecule has 0 bridgehead atoms. The number of amides is 1. The molecular formula is C17H15BrN4O. The third-order valence-corrected chi connectivity index (χ3v) is 4.13. The van der Waals surface area contributed by atoms with E-state index in [2.05, 4.69) is 31.4 Å². The van der Waals surface area contributed by atoms with Gasteiger partial charge in [-0.25, -0.2) is 0 Å². The highest BCUT2D eigenvalue weighted by Gasteiger charge is 2.18. The van der Waals surface area contributed by atoms with E-state index in [1.54, 1.807) is 23.3 Å². The molecule has 6 heteroatoms. The third-order valence-electron chi connectivity index (χ3n) is 3.44. The van der Waals surface area contributed by atoms with Crippen molar-refractivity contribution in [1.29, 1.82) is 0 Å². The van der Waals surface area contributed by atoms with E-state index in [-0.39, 0.29) is 11.9 Å². The van der Waals surface area contributed by atoms with Gasteiger partial charge in [0.25, 0.3) is 5.91 Å². The maximum absolute atomic E-state index is 12.6. The van der Waals surface area contributed by atoms with Gasteiger partial charge in [-0.15, -0.1) is 0 Å². The molecule has 3 rings (SSSR count). The van der Waals surface area contributed by atoms with Crippen molar-refractivity contribution >= 4 is 21.8 Å². The second kappa shape index (κ2) is 7.19. The topological polar surface area (TPSA) is 59.8 Å². The predicted octanol–water partition coefficient (Wildman–Crippen LogP) is 3.21. The molecule has 0 aliphatic rings. The van der Waals surface area contributed by atoms with Gasteiger partial charge >= 0.3 is 0 Å². The molecular weight excluding hydrogens is 356 g/mol. The Hall–Kier alpha value is -2.47. The maximum atomic E-state index is 12.6. The lowest BCUT2D eigenvalue weighted by atomic mass is 10.1. The Kier molecular flexibility index (Phi) is 4.83. The summed E-state index contributed by atoms with van der Waals surface area (Å²) in [6.07, 6.45) is 3.25. The van der Waals surface area contributed by atoms with E-state index in [0.717, 1.165) is 10.0 Å². The summed E-state index contributed by atoms with van der Waals surface area (Å²) in [5, 5.41) is 11.3. The standard InChI is InChI=1S/C17H15BrN4O/c18-15-9-5-4-8-14(15)17(23)21-16(12-22-19-10-11-20-22)13-6-2-1-3-7-13/h1-11,16H,12H2,(H,21,23). The molecule has 1 unspecified atom stereocenters. The number of benzene rings is 2. The number of hydrogen-bond acceptors (Lipinski definition) is 3. The fraction of sp³-hybridized carbons (Fsp3) is 0.118. The zero-order valence-electron chi connectivity index (χ0n) is 12.3. The van der Waals surface area contributed by atoms with Gasteiger partial charge in [0.05, 0.1) is 30.5 Å². The van der Waals surface area contributed by atoms with E-state index in [1.165, 1.54) is 0 Å². The first kappa shape index (κ1) is 15.4. The number of halogens is 1. The van der Waals surface area contributed by atoms with Crippen LogP contribution in [0.3, 0.4) is 0 Å². The highest BCUT2D eigenvalue weighted by molar-refractivity contribution is 9.10. The number of rotatable bonds is 5. The molecule has 23 heavy (non-hydrogen) atoms. The van der Waals surface area contributed by atoms with Crippen molar-refractivity contribution < 1.29 is 4.79 Å². The molecule has 0 saturated heterocycles. The highest BCUT2D eigenvalue weighted by atomic mass is 79.9. The molecule has 1 amide bonds. The summed E-state index contributed by atoms with van der Waals surface area (Å²) in [5.41, 5.74) is 1.60. The summed E-state index contributed by atoms with van der Waals surface area (Å²) in [7, 11) is 0. The lowest BCUT2D eigenvalue weighted by molar-refractivity contribution is 0.0930. The Morgan fingerprint density at radius 2 is 1.70 bits per heavy atom. The van der Waals surface area contributed by atoms with Crippen LogP contribution in [0.1, 0.15) is 22.0 Å². The van der Waals surface area contributed by atoms with Crippen LogP contribution in [-0.4, -0.2) is 20.9 Å². The van der Waals surface area contributed by atoms with Gasteiger partial charge in [0, 0.05) is 4.47 Å².